The zero-order chi connectivity index (χ0) is 26.8. The quantitative estimate of drug-likeness (QED) is 0.471. The smallest absolute Gasteiger partial charge is 0.257 e. The van der Waals surface area contributed by atoms with Crippen molar-refractivity contribution in [1.29, 1.82) is 0 Å². The number of rotatable bonds is 6. The number of aliphatic hydroxyl groups is 1. The molecule has 2 atom stereocenters. The minimum absolute atomic E-state index is 0.0903. The molecule has 2 amide bonds. The van der Waals surface area contributed by atoms with Gasteiger partial charge in [-0.3, -0.25) is 14.9 Å². The van der Waals surface area contributed by atoms with Crippen LogP contribution in [0, 0.1) is 0 Å². The van der Waals surface area contributed by atoms with E-state index in [-0.39, 0.29) is 17.9 Å². The highest BCUT2D eigenvalue weighted by Gasteiger charge is 2.30. The van der Waals surface area contributed by atoms with Gasteiger partial charge in [-0.2, -0.15) is 0 Å². The molecule has 200 valence electrons. The zero-order valence-corrected chi connectivity index (χ0v) is 22.9. The molecule has 0 bridgehead atoms. The Morgan fingerprint density at radius 2 is 2.00 bits per heavy atom. The molecule has 0 radical (unpaired) electrons. The first kappa shape index (κ1) is 26.3. The number of thiazole rings is 1. The first-order chi connectivity index (χ1) is 18.3. The summed E-state index contributed by atoms with van der Waals surface area (Å²) in [5, 5.41) is 13.8. The second-order valence-electron chi connectivity index (χ2n) is 10.1. The number of fused-ring (bicyclic) bond motifs is 1. The molecule has 1 saturated heterocycles. The number of carbonyl (C=O) groups excluding carboxylic acids is 2. The van der Waals surface area contributed by atoms with Crippen molar-refractivity contribution < 1.29 is 19.4 Å². The van der Waals surface area contributed by atoms with Crippen LogP contribution in [0.1, 0.15) is 80.7 Å². The van der Waals surface area contributed by atoms with Crippen LogP contribution >= 0.6 is 11.3 Å². The molecule has 9 heteroatoms. The number of likely N-dealkylation sites (N-methyl/N-ethyl adjacent to an activating group) is 1. The van der Waals surface area contributed by atoms with Crippen molar-refractivity contribution in [2.24, 2.45) is 0 Å². The Bertz CT molecular complexity index is 1340. The molecule has 0 spiro atoms. The summed E-state index contributed by atoms with van der Waals surface area (Å²) in [5.74, 6) is 0.266. The van der Waals surface area contributed by atoms with Gasteiger partial charge in [0.15, 0.2) is 5.13 Å². The highest BCUT2D eigenvalue weighted by atomic mass is 32.1. The molecule has 2 N–H and O–H groups in total. The number of hydrogen-bond donors (Lipinski definition) is 2. The number of carbonyl (C=O) groups is 2. The van der Waals surface area contributed by atoms with Gasteiger partial charge in [0.05, 0.1) is 24.9 Å². The SMILES string of the molecule is COc1ccc(C(=O)N2CCCCC2c2cccc(C(=O)Nc3nc4c(s3)CN(C)CC4)c2)cc1C(C)O. The molecule has 8 nitrogen and oxygen atoms in total. The van der Waals surface area contributed by atoms with Gasteiger partial charge in [-0.25, -0.2) is 4.98 Å². The fourth-order valence-corrected chi connectivity index (χ4v) is 6.40. The molecular formula is C29H34N4O4S. The van der Waals surface area contributed by atoms with E-state index in [1.807, 2.05) is 23.1 Å². The number of nitrogens with zero attached hydrogens (tertiary/aromatic N) is 3. The van der Waals surface area contributed by atoms with E-state index >= 15 is 0 Å². The Morgan fingerprint density at radius 1 is 1.16 bits per heavy atom. The number of nitrogens with one attached hydrogen (secondary N) is 1. The van der Waals surface area contributed by atoms with Gasteiger partial charge < -0.3 is 19.6 Å². The summed E-state index contributed by atoms with van der Waals surface area (Å²) < 4.78 is 5.36. The van der Waals surface area contributed by atoms with Crippen molar-refractivity contribution in [3.05, 3.63) is 75.3 Å². The van der Waals surface area contributed by atoms with E-state index in [0.717, 1.165) is 50.0 Å². The highest BCUT2D eigenvalue weighted by Crippen LogP contribution is 2.34. The number of benzene rings is 2. The van der Waals surface area contributed by atoms with Crippen molar-refractivity contribution in [2.75, 3.05) is 32.6 Å². The van der Waals surface area contributed by atoms with Gasteiger partial charge in [0, 0.05) is 47.6 Å². The maximum Gasteiger partial charge on any atom is 0.257 e. The van der Waals surface area contributed by atoms with E-state index in [9.17, 15) is 14.7 Å². The molecule has 5 rings (SSSR count). The molecule has 1 fully saturated rings. The molecule has 2 aromatic carbocycles. The van der Waals surface area contributed by atoms with E-state index in [1.165, 1.54) is 16.2 Å². The first-order valence-electron chi connectivity index (χ1n) is 13.1. The van der Waals surface area contributed by atoms with Gasteiger partial charge in [0.25, 0.3) is 11.8 Å². The van der Waals surface area contributed by atoms with Gasteiger partial charge in [0.1, 0.15) is 5.75 Å². The zero-order valence-electron chi connectivity index (χ0n) is 22.1. The molecule has 2 aliphatic rings. The lowest BCUT2D eigenvalue weighted by atomic mass is 9.93. The van der Waals surface area contributed by atoms with E-state index in [1.54, 1.807) is 38.3 Å². The summed E-state index contributed by atoms with van der Waals surface area (Å²) in [6.45, 7) is 4.12. The molecule has 0 saturated carbocycles. The first-order valence-corrected chi connectivity index (χ1v) is 13.9. The van der Waals surface area contributed by atoms with Crippen LogP contribution in [0.15, 0.2) is 42.5 Å². The third-order valence-electron chi connectivity index (χ3n) is 7.37. The molecule has 2 aliphatic heterocycles. The summed E-state index contributed by atoms with van der Waals surface area (Å²) in [4.78, 5) is 36.8. The summed E-state index contributed by atoms with van der Waals surface area (Å²) in [5.41, 5.74) is 3.66. The standard InChI is InChI=1S/C29H34N4O4S/c1-18(34)22-16-21(10-11-25(22)37-3)28(36)33-13-5-4-9-24(33)19-7-6-8-20(15-19)27(35)31-29-30-23-12-14-32(2)17-26(23)38-29/h6-8,10-11,15-16,18,24,34H,4-5,9,12-14,17H2,1-3H3,(H,30,31,35). The number of piperidine rings is 1. The number of ether oxygens (including phenoxy) is 1. The van der Waals surface area contributed by atoms with Crippen molar-refractivity contribution >= 4 is 28.3 Å². The van der Waals surface area contributed by atoms with Gasteiger partial charge >= 0.3 is 0 Å². The Hall–Kier alpha value is -3.27. The lowest BCUT2D eigenvalue weighted by Gasteiger charge is -2.36. The third-order valence-corrected chi connectivity index (χ3v) is 8.36. The topological polar surface area (TPSA) is 95.0 Å². The minimum atomic E-state index is -0.755. The number of hydrogen-bond acceptors (Lipinski definition) is 7. The summed E-state index contributed by atoms with van der Waals surface area (Å²) in [7, 11) is 3.64. The van der Waals surface area contributed by atoms with E-state index in [4.69, 9.17) is 4.74 Å². The largest absolute Gasteiger partial charge is 0.496 e. The van der Waals surface area contributed by atoms with Crippen LogP contribution in [0.2, 0.25) is 0 Å². The molecule has 3 heterocycles. The Kier molecular flexibility index (Phi) is 7.78. The fraction of sp³-hybridized carbons (Fsp3) is 0.414. The van der Waals surface area contributed by atoms with Gasteiger partial charge in [0.2, 0.25) is 0 Å². The summed E-state index contributed by atoms with van der Waals surface area (Å²) >= 11 is 1.54. The lowest BCUT2D eigenvalue weighted by Crippen LogP contribution is -2.38. The molecular weight excluding hydrogens is 500 g/mol. The number of anilines is 1. The molecule has 0 aliphatic carbocycles. The second kappa shape index (κ2) is 11.2. The maximum atomic E-state index is 13.7. The van der Waals surface area contributed by atoms with Gasteiger partial charge in [-0.05, 0) is 69.1 Å². The summed E-state index contributed by atoms with van der Waals surface area (Å²) in [6, 6.07) is 12.6. The monoisotopic (exact) mass is 534 g/mol. The van der Waals surface area contributed by atoms with E-state index < -0.39 is 6.10 Å². The van der Waals surface area contributed by atoms with Crippen LogP contribution in [-0.2, 0) is 13.0 Å². The average Bonchev–Trinajstić information content (AvgIpc) is 3.33. The van der Waals surface area contributed by atoms with Crippen molar-refractivity contribution in [2.45, 2.75) is 51.3 Å². The maximum absolute atomic E-state index is 13.7. The molecule has 1 aromatic heterocycles. The van der Waals surface area contributed by atoms with Crippen LogP contribution in [0.5, 0.6) is 5.75 Å². The lowest BCUT2D eigenvalue weighted by molar-refractivity contribution is 0.0611. The van der Waals surface area contributed by atoms with Crippen molar-refractivity contribution in [3.63, 3.8) is 0 Å². The number of aromatic nitrogens is 1. The predicted octanol–water partition coefficient (Wildman–Crippen LogP) is 4.81. The molecule has 38 heavy (non-hydrogen) atoms. The number of aliphatic hydroxyl groups excluding tert-OH is 1. The number of methoxy groups -OCH3 is 1. The van der Waals surface area contributed by atoms with Crippen molar-refractivity contribution in [3.8, 4) is 5.75 Å². The number of likely N-dealkylation sites (tertiary alicyclic amines) is 1. The second-order valence-corrected chi connectivity index (χ2v) is 11.2. The Balaban J connectivity index is 1.36. The van der Waals surface area contributed by atoms with Crippen LogP contribution in [-0.4, -0.2) is 59.0 Å². The van der Waals surface area contributed by atoms with E-state index in [2.05, 4.69) is 22.2 Å². The predicted molar refractivity (Wildman–Crippen MR) is 148 cm³/mol. The average molecular weight is 535 g/mol. The van der Waals surface area contributed by atoms with Crippen LogP contribution in [0.25, 0.3) is 0 Å². The van der Waals surface area contributed by atoms with Crippen LogP contribution in [0.3, 0.4) is 0 Å². The molecule has 3 aromatic rings. The Morgan fingerprint density at radius 3 is 2.79 bits per heavy atom. The van der Waals surface area contributed by atoms with Crippen LogP contribution < -0.4 is 10.1 Å². The minimum Gasteiger partial charge on any atom is -0.496 e. The van der Waals surface area contributed by atoms with Crippen LogP contribution in [0.4, 0.5) is 5.13 Å². The van der Waals surface area contributed by atoms with Gasteiger partial charge in [-0.1, -0.05) is 12.1 Å². The van der Waals surface area contributed by atoms with E-state index in [0.29, 0.717) is 34.1 Å². The normalized spacial score (nSPS) is 18.5. The number of amides is 2. The fourth-order valence-electron chi connectivity index (χ4n) is 5.31. The Labute approximate surface area is 227 Å². The van der Waals surface area contributed by atoms with Crippen molar-refractivity contribution in [1.82, 2.24) is 14.8 Å². The highest BCUT2D eigenvalue weighted by molar-refractivity contribution is 7.15. The summed E-state index contributed by atoms with van der Waals surface area (Å²) in [6.07, 6.45) is 2.89. The van der Waals surface area contributed by atoms with Gasteiger partial charge in [-0.15, -0.1) is 11.3 Å². The molecule has 2 unspecified atom stereocenters. The third kappa shape index (κ3) is 5.45.